The Bertz CT molecular complexity index is 629. The second kappa shape index (κ2) is 3.32. The fourth-order valence-electron chi connectivity index (χ4n) is 1.94. The first-order valence-corrected chi connectivity index (χ1v) is 5.73. The Kier molecular flexibility index (Phi) is 2.04. The van der Waals surface area contributed by atoms with Crippen LogP contribution < -0.4 is 5.56 Å². The van der Waals surface area contributed by atoms with Gasteiger partial charge in [-0.2, -0.15) is 0 Å². The normalized spacial score (nSPS) is 15.6. The van der Waals surface area contributed by atoms with E-state index in [0.29, 0.717) is 21.8 Å². The van der Waals surface area contributed by atoms with Crippen LogP contribution in [-0.4, -0.2) is 9.97 Å². The minimum Gasteiger partial charge on any atom is -0.310 e. The smallest absolute Gasteiger partial charge is 0.259 e. The van der Waals surface area contributed by atoms with Crippen LogP contribution in [0.1, 0.15) is 30.1 Å². The molecule has 1 N–H and O–H groups in total. The Hall–Kier alpha value is -1.35. The van der Waals surface area contributed by atoms with Gasteiger partial charge >= 0.3 is 0 Å². The third kappa shape index (κ3) is 1.43. The molecule has 0 amide bonds. The highest BCUT2D eigenvalue weighted by atomic mass is 35.5. The zero-order valence-electron chi connectivity index (χ0n) is 8.88. The van der Waals surface area contributed by atoms with E-state index in [1.165, 1.54) is 0 Å². The molecule has 3 nitrogen and oxygen atoms in total. The fraction of sp³-hybridized carbons (Fsp3) is 0.333. The number of aromatic nitrogens is 2. The van der Waals surface area contributed by atoms with Crippen molar-refractivity contribution in [1.29, 1.82) is 0 Å². The van der Waals surface area contributed by atoms with Crippen molar-refractivity contribution >= 4 is 22.5 Å². The molecule has 0 atom stereocenters. The number of nitrogens with zero attached hydrogens (tertiary/aromatic N) is 1. The molecule has 82 valence electrons. The number of benzene rings is 1. The van der Waals surface area contributed by atoms with E-state index >= 15 is 0 Å². The van der Waals surface area contributed by atoms with Crippen LogP contribution in [0.2, 0.25) is 5.02 Å². The number of fused-ring (bicyclic) bond motifs is 1. The first kappa shape index (κ1) is 9.85. The van der Waals surface area contributed by atoms with Crippen molar-refractivity contribution in [1.82, 2.24) is 9.97 Å². The van der Waals surface area contributed by atoms with E-state index < -0.39 is 0 Å². The summed E-state index contributed by atoms with van der Waals surface area (Å²) in [7, 11) is 0. The average molecular weight is 235 g/mol. The van der Waals surface area contributed by atoms with Gasteiger partial charge in [0.1, 0.15) is 5.82 Å². The number of H-pyrrole nitrogens is 1. The molecule has 1 aromatic heterocycles. The van der Waals surface area contributed by atoms with Gasteiger partial charge in [0.05, 0.1) is 15.9 Å². The van der Waals surface area contributed by atoms with Crippen molar-refractivity contribution in [2.24, 2.45) is 0 Å². The van der Waals surface area contributed by atoms with Crippen molar-refractivity contribution in [2.45, 2.75) is 25.7 Å². The summed E-state index contributed by atoms with van der Waals surface area (Å²) in [4.78, 5) is 19.3. The molecule has 0 bridgehead atoms. The van der Waals surface area contributed by atoms with Crippen molar-refractivity contribution in [3.63, 3.8) is 0 Å². The Morgan fingerprint density at radius 3 is 2.88 bits per heavy atom. The lowest BCUT2D eigenvalue weighted by Crippen LogP contribution is -2.12. The highest BCUT2D eigenvalue weighted by Gasteiger charge is 2.27. The molecule has 0 radical (unpaired) electrons. The summed E-state index contributed by atoms with van der Waals surface area (Å²) in [6.07, 6.45) is 2.22. The highest BCUT2D eigenvalue weighted by Crippen LogP contribution is 2.38. The van der Waals surface area contributed by atoms with Crippen LogP contribution in [0.25, 0.3) is 10.9 Å². The van der Waals surface area contributed by atoms with Gasteiger partial charge < -0.3 is 4.98 Å². The van der Waals surface area contributed by atoms with Crippen LogP contribution in [0, 0.1) is 6.92 Å². The molecule has 0 saturated heterocycles. The number of hydrogen-bond acceptors (Lipinski definition) is 2. The number of nitrogens with one attached hydrogen (secondary N) is 1. The lowest BCUT2D eigenvalue weighted by Gasteiger charge is -2.05. The second-order valence-corrected chi connectivity index (χ2v) is 4.72. The molecule has 3 rings (SSSR count). The van der Waals surface area contributed by atoms with E-state index in [4.69, 9.17) is 11.6 Å². The van der Waals surface area contributed by atoms with Crippen molar-refractivity contribution in [3.05, 3.63) is 38.9 Å². The summed E-state index contributed by atoms with van der Waals surface area (Å²) in [5, 5.41) is 1.16. The topological polar surface area (TPSA) is 45.8 Å². The van der Waals surface area contributed by atoms with Gasteiger partial charge in [0.25, 0.3) is 5.56 Å². The summed E-state index contributed by atoms with van der Waals surface area (Å²) in [6, 6.07) is 3.64. The van der Waals surface area contributed by atoms with Gasteiger partial charge in [0.2, 0.25) is 0 Å². The number of rotatable bonds is 1. The lowest BCUT2D eigenvalue weighted by atomic mass is 10.1. The van der Waals surface area contributed by atoms with Crippen LogP contribution in [0.15, 0.2) is 16.9 Å². The maximum absolute atomic E-state index is 12.0. The minimum atomic E-state index is -0.0769. The quantitative estimate of drug-likeness (QED) is 0.825. The second-order valence-electron chi connectivity index (χ2n) is 4.31. The van der Waals surface area contributed by atoms with E-state index in [-0.39, 0.29) is 5.56 Å². The molecule has 0 unspecified atom stereocenters. The number of aromatic amines is 1. The molecule has 2 aromatic rings. The molecule has 1 fully saturated rings. The van der Waals surface area contributed by atoms with Crippen LogP contribution in [0.3, 0.4) is 0 Å². The summed E-state index contributed by atoms with van der Waals surface area (Å²) in [5.74, 6) is 1.21. The van der Waals surface area contributed by atoms with Gasteiger partial charge in [0.15, 0.2) is 0 Å². The van der Waals surface area contributed by atoms with Crippen molar-refractivity contribution in [2.75, 3.05) is 0 Å². The molecule has 1 aliphatic carbocycles. The zero-order valence-corrected chi connectivity index (χ0v) is 9.64. The molecular weight excluding hydrogens is 224 g/mol. The molecule has 1 aliphatic rings. The molecular formula is C12H11ClN2O. The number of hydrogen-bond donors (Lipinski definition) is 1. The van der Waals surface area contributed by atoms with Gasteiger partial charge in [-0.3, -0.25) is 4.79 Å². The van der Waals surface area contributed by atoms with Crippen LogP contribution in [0.4, 0.5) is 0 Å². The Balaban J connectivity index is 2.41. The highest BCUT2D eigenvalue weighted by molar-refractivity contribution is 6.35. The van der Waals surface area contributed by atoms with Crippen LogP contribution >= 0.6 is 11.6 Å². The maximum Gasteiger partial charge on any atom is 0.259 e. The minimum absolute atomic E-state index is 0.0769. The first-order chi connectivity index (χ1) is 7.66. The van der Waals surface area contributed by atoms with Gasteiger partial charge in [-0.15, -0.1) is 0 Å². The summed E-state index contributed by atoms with van der Waals surface area (Å²) in [6.45, 7) is 1.90. The molecule has 4 heteroatoms. The molecule has 16 heavy (non-hydrogen) atoms. The molecule has 0 spiro atoms. The van der Waals surface area contributed by atoms with Crippen molar-refractivity contribution < 1.29 is 0 Å². The molecule has 1 aromatic carbocycles. The van der Waals surface area contributed by atoms with Gasteiger partial charge in [-0.1, -0.05) is 17.7 Å². The van der Waals surface area contributed by atoms with Crippen molar-refractivity contribution in [3.8, 4) is 0 Å². The zero-order chi connectivity index (χ0) is 11.3. The third-order valence-corrected chi connectivity index (χ3v) is 3.31. The summed E-state index contributed by atoms with van der Waals surface area (Å²) >= 11 is 6.08. The monoisotopic (exact) mass is 234 g/mol. The molecule has 1 heterocycles. The standard InChI is InChI=1S/C12H11ClN2O/c1-6-2-5-8(13)10-9(6)12(16)15-11(14-10)7-3-4-7/h2,5,7H,3-4H2,1H3,(H,14,15,16). The SMILES string of the molecule is Cc1ccc(Cl)c2nc(C3CC3)[nH]c(=O)c12. The number of halogens is 1. The van der Waals surface area contributed by atoms with E-state index in [2.05, 4.69) is 9.97 Å². The fourth-order valence-corrected chi connectivity index (χ4v) is 2.14. The summed E-state index contributed by atoms with van der Waals surface area (Å²) in [5.41, 5.74) is 1.47. The Morgan fingerprint density at radius 1 is 1.44 bits per heavy atom. The average Bonchev–Trinajstić information content (AvgIpc) is 3.06. The third-order valence-electron chi connectivity index (χ3n) is 3.00. The first-order valence-electron chi connectivity index (χ1n) is 5.36. The predicted octanol–water partition coefficient (Wildman–Crippen LogP) is 2.76. The van der Waals surface area contributed by atoms with Crippen LogP contribution in [-0.2, 0) is 0 Å². The van der Waals surface area contributed by atoms with E-state index in [1.807, 2.05) is 13.0 Å². The van der Waals surface area contributed by atoms with Crippen LogP contribution in [0.5, 0.6) is 0 Å². The van der Waals surface area contributed by atoms with E-state index in [0.717, 1.165) is 24.2 Å². The number of aryl methyl sites for hydroxylation is 1. The van der Waals surface area contributed by atoms with E-state index in [1.54, 1.807) is 6.07 Å². The van der Waals surface area contributed by atoms with E-state index in [9.17, 15) is 4.79 Å². The van der Waals surface area contributed by atoms with Gasteiger partial charge in [0, 0.05) is 5.92 Å². The summed E-state index contributed by atoms with van der Waals surface area (Å²) < 4.78 is 0. The largest absolute Gasteiger partial charge is 0.310 e. The maximum atomic E-state index is 12.0. The van der Waals surface area contributed by atoms with Gasteiger partial charge in [-0.05, 0) is 31.4 Å². The Morgan fingerprint density at radius 2 is 2.19 bits per heavy atom. The molecule has 1 saturated carbocycles. The Labute approximate surface area is 97.5 Å². The van der Waals surface area contributed by atoms with Gasteiger partial charge in [-0.25, -0.2) is 4.98 Å². The predicted molar refractivity (Wildman–Crippen MR) is 64.1 cm³/mol. The lowest BCUT2D eigenvalue weighted by molar-refractivity contribution is 0.930. The molecule has 0 aliphatic heterocycles.